The molecule has 2 N–H and O–H groups in total. The minimum Gasteiger partial charge on any atom is -0.467 e. The van der Waals surface area contributed by atoms with Crippen LogP contribution in [0, 0.1) is 5.41 Å². The highest BCUT2D eigenvalue weighted by Crippen LogP contribution is 2.33. The lowest BCUT2D eigenvalue weighted by Gasteiger charge is -2.42. The molecular weight excluding hydrogens is 541 g/mol. The van der Waals surface area contributed by atoms with Crippen molar-refractivity contribution in [1.29, 1.82) is 5.41 Å². The van der Waals surface area contributed by atoms with Crippen LogP contribution in [0.3, 0.4) is 0 Å². The number of carbonyl (C=O) groups is 3. The van der Waals surface area contributed by atoms with Crippen molar-refractivity contribution in [2.24, 2.45) is 0 Å². The van der Waals surface area contributed by atoms with Crippen LogP contribution in [0.2, 0.25) is 0 Å². The summed E-state index contributed by atoms with van der Waals surface area (Å²) >= 11 is 17.1. The van der Waals surface area contributed by atoms with Crippen LogP contribution in [0.4, 0.5) is 0 Å². The summed E-state index contributed by atoms with van der Waals surface area (Å²) in [7, 11) is 1.03. The zero-order valence-electron chi connectivity index (χ0n) is 18.5. The van der Waals surface area contributed by atoms with E-state index in [1.807, 2.05) is 0 Å². The van der Waals surface area contributed by atoms with Gasteiger partial charge in [-0.1, -0.05) is 71.2 Å². The van der Waals surface area contributed by atoms with Gasteiger partial charge in [0.15, 0.2) is 12.2 Å². The summed E-state index contributed by atoms with van der Waals surface area (Å²) in [6.45, 7) is 0. The normalized spacial score (nSPS) is 23.8. The largest absolute Gasteiger partial charge is 0.467 e. The molecule has 0 aromatic heterocycles. The molecule has 1 saturated heterocycles. The Bertz CT molecular complexity index is 1100. The Morgan fingerprint density at radius 3 is 1.78 bits per heavy atom. The topological polar surface area (TPSA) is 141 Å². The van der Waals surface area contributed by atoms with Crippen molar-refractivity contribution in [3.63, 3.8) is 0 Å². The Morgan fingerprint density at radius 2 is 1.33 bits per heavy atom. The van der Waals surface area contributed by atoms with Crippen molar-refractivity contribution >= 4 is 58.6 Å². The molecule has 1 heterocycles. The number of methoxy groups -OCH3 is 1. The first kappa shape index (κ1) is 27.7. The lowest BCUT2D eigenvalue weighted by Crippen LogP contribution is -2.63. The predicted octanol–water partition coefficient (Wildman–Crippen LogP) is 3.06. The van der Waals surface area contributed by atoms with Crippen molar-refractivity contribution in [2.75, 3.05) is 7.11 Å². The lowest BCUT2D eigenvalue weighted by molar-refractivity contribution is -0.274. The molecule has 1 aliphatic heterocycles. The summed E-state index contributed by atoms with van der Waals surface area (Å²) in [5.41, 5.74) is 0.205. The fraction of sp³-hybridized carbons (Fsp3) is 0.304. The number of hydrogen-bond acceptors (Lipinski definition) is 10. The van der Waals surface area contributed by atoms with Crippen LogP contribution < -0.4 is 0 Å². The molecule has 0 saturated carbocycles. The molecule has 0 amide bonds. The monoisotopic (exact) mass is 559 g/mol. The predicted molar refractivity (Wildman–Crippen MR) is 127 cm³/mol. The number of hydrogen-bond donors (Lipinski definition) is 2. The number of nitrogens with one attached hydrogen (secondary N) is 1. The first-order valence-corrected chi connectivity index (χ1v) is 11.4. The maximum Gasteiger partial charge on any atom is 0.338 e. The Kier molecular flexibility index (Phi) is 9.15. The Hall–Kier alpha value is -2.89. The third-order valence-corrected chi connectivity index (χ3v) is 5.46. The van der Waals surface area contributed by atoms with Crippen LogP contribution >= 0.6 is 34.8 Å². The molecular formula is C23H20Cl3NO9. The second kappa shape index (κ2) is 11.9. The van der Waals surface area contributed by atoms with E-state index >= 15 is 0 Å². The summed E-state index contributed by atoms with van der Waals surface area (Å²) < 4.78 is 24.0. The molecule has 3 unspecified atom stereocenters. The van der Waals surface area contributed by atoms with E-state index < -0.39 is 58.3 Å². The average molecular weight is 561 g/mol. The third-order valence-electron chi connectivity index (χ3n) is 4.95. The van der Waals surface area contributed by atoms with Gasteiger partial charge in [-0.25, -0.2) is 14.4 Å². The van der Waals surface area contributed by atoms with Crippen molar-refractivity contribution in [3.8, 4) is 0 Å². The molecule has 10 nitrogen and oxygen atoms in total. The van der Waals surface area contributed by atoms with Gasteiger partial charge in [-0.15, -0.1) is 0 Å². The second-order valence-electron chi connectivity index (χ2n) is 7.36. The molecule has 13 heteroatoms. The molecule has 1 fully saturated rings. The van der Waals surface area contributed by atoms with Gasteiger partial charge in [-0.2, -0.15) is 0 Å². The highest BCUT2D eigenvalue weighted by molar-refractivity contribution is 6.76. The first-order chi connectivity index (χ1) is 17.0. The van der Waals surface area contributed by atoms with Gasteiger partial charge in [-0.05, 0) is 24.3 Å². The molecule has 2 aromatic rings. The number of aliphatic hydroxyl groups is 1. The molecule has 192 valence electrons. The van der Waals surface area contributed by atoms with Gasteiger partial charge in [0, 0.05) is 0 Å². The molecule has 1 aliphatic rings. The third kappa shape index (κ3) is 6.65. The number of aliphatic hydroxyl groups excluding tert-OH is 1. The zero-order chi connectivity index (χ0) is 26.5. The molecule has 0 spiro atoms. The minimum atomic E-state index is -2.36. The van der Waals surface area contributed by atoms with Crippen molar-refractivity contribution in [1.82, 2.24) is 0 Å². The van der Waals surface area contributed by atoms with E-state index in [0.29, 0.717) is 0 Å². The van der Waals surface area contributed by atoms with Crippen molar-refractivity contribution in [2.45, 2.75) is 34.5 Å². The quantitative estimate of drug-likeness (QED) is 0.179. The van der Waals surface area contributed by atoms with E-state index in [-0.39, 0.29) is 11.1 Å². The van der Waals surface area contributed by atoms with Gasteiger partial charge in [0.25, 0.3) is 3.79 Å². The number of benzene rings is 2. The van der Waals surface area contributed by atoms with Gasteiger partial charge >= 0.3 is 17.9 Å². The van der Waals surface area contributed by atoms with E-state index in [4.69, 9.17) is 59.2 Å². The van der Waals surface area contributed by atoms with E-state index in [9.17, 15) is 19.5 Å². The Morgan fingerprint density at radius 1 is 0.861 bits per heavy atom. The van der Waals surface area contributed by atoms with Gasteiger partial charge in [0.2, 0.25) is 18.3 Å². The summed E-state index contributed by atoms with van der Waals surface area (Å²) in [5.74, 6) is -3.85. The lowest BCUT2D eigenvalue weighted by atomic mass is 9.98. The smallest absolute Gasteiger partial charge is 0.338 e. The minimum absolute atomic E-state index is 0.102. The van der Waals surface area contributed by atoms with Gasteiger partial charge < -0.3 is 28.8 Å². The van der Waals surface area contributed by atoms with E-state index in [1.54, 1.807) is 36.4 Å². The highest BCUT2D eigenvalue weighted by atomic mass is 35.6. The Labute approximate surface area is 220 Å². The standard InChI is InChI=1S/C23H20Cl3NO9/c1-32-20(31)16-14(28)15(33-18(29)12-8-4-2-5-9-12)17(21(35-16)36-22(27)23(24,25)26)34-19(30)13-10-6-3-7-11-13/h2-11,14-17,21,27-28H,1H3/t14-,15?,16?,17?,21+/m0/s1. The van der Waals surface area contributed by atoms with Gasteiger partial charge in [0.05, 0.1) is 18.2 Å². The number of rotatable bonds is 6. The molecule has 3 rings (SSSR count). The van der Waals surface area contributed by atoms with E-state index in [0.717, 1.165) is 7.11 Å². The number of alkyl halides is 3. The van der Waals surface area contributed by atoms with Crippen LogP contribution in [-0.2, 0) is 28.5 Å². The number of carbonyl (C=O) groups excluding carboxylic acids is 3. The number of halogens is 3. The fourth-order valence-corrected chi connectivity index (χ4v) is 3.34. The van der Waals surface area contributed by atoms with Crippen molar-refractivity contribution in [3.05, 3.63) is 71.8 Å². The van der Waals surface area contributed by atoms with Gasteiger partial charge in [-0.3, -0.25) is 5.41 Å². The molecule has 0 radical (unpaired) electrons. The fourth-order valence-electron chi connectivity index (χ4n) is 3.20. The van der Waals surface area contributed by atoms with Gasteiger partial charge in [0.1, 0.15) is 6.10 Å². The van der Waals surface area contributed by atoms with Crippen LogP contribution in [0.1, 0.15) is 20.7 Å². The molecule has 2 aromatic carbocycles. The Balaban J connectivity index is 2.00. The maximum absolute atomic E-state index is 12.8. The number of esters is 3. The second-order valence-corrected chi connectivity index (χ2v) is 9.64. The molecule has 0 bridgehead atoms. The van der Waals surface area contributed by atoms with Crippen LogP contribution in [0.5, 0.6) is 0 Å². The number of ether oxygens (including phenoxy) is 5. The summed E-state index contributed by atoms with van der Waals surface area (Å²) in [6.07, 6.45) is -8.92. The maximum atomic E-state index is 12.8. The average Bonchev–Trinajstić information content (AvgIpc) is 2.87. The van der Waals surface area contributed by atoms with Crippen LogP contribution in [0.15, 0.2) is 60.7 Å². The highest BCUT2D eigenvalue weighted by Gasteiger charge is 2.54. The van der Waals surface area contributed by atoms with Crippen LogP contribution in [-0.4, -0.2) is 70.5 Å². The van der Waals surface area contributed by atoms with E-state index in [2.05, 4.69) is 4.74 Å². The SMILES string of the molecule is COC(=O)C1O[C@H](OC(=N)C(Cl)(Cl)Cl)C(OC(=O)c2ccccc2)C(OC(=O)c2ccccc2)[C@@H]1O. The molecule has 0 aliphatic carbocycles. The summed E-state index contributed by atoms with van der Waals surface area (Å²) in [4.78, 5) is 38.0. The molecule has 5 atom stereocenters. The first-order valence-electron chi connectivity index (χ1n) is 10.3. The van der Waals surface area contributed by atoms with E-state index in [1.165, 1.54) is 24.3 Å². The van der Waals surface area contributed by atoms with Crippen LogP contribution in [0.25, 0.3) is 0 Å². The van der Waals surface area contributed by atoms with Crippen molar-refractivity contribution < 1.29 is 43.2 Å². The molecule has 36 heavy (non-hydrogen) atoms. The summed E-state index contributed by atoms with van der Waals surface area (Å²) in [5, 5.41) is 18.8. The zero-order valence-corrected chi connectivity index (χ0v) is 20.8. The summed E-state index contributed by atoms with van der Waals surface area (Å²) in [6, 6.07) is 15.4.